The van der Waals surface area contributed by atoms with Crippen LogP contribution in [0.25, 0.3) is 0 Å². The topological polar surface area (TPSA) is 276 Å². The molecule has 0 radical (unpaired) electrons. The van der Waals surface area contributed by atoms with Gasteiger partial charge in [-0.2, -0.15) is 0 Å². The van der Waals surface area contributed by atoms with Crippen molar-refractivity contribution in [3.05, 3.63) is 29.8 Å². The fourth-order valence-corrected chi connectivity index (χ4v) is 6.32. The van der Waals surface area contributed by atoms with Crippen LogP contribution in [0.1, 0.15) is 72.8 Å². The Morgan fingerprint density at radius 3 is 1.87 bits per heavy atom. The van der Waals surface area contributed by atoms with Crippen molar-refractivity contribution in [2.24, 2.45) is 23.5 Å². The number of primary amides is 1. The molecule has 0 aliphatic carbocycles. The Balaban J connectivity index is 1.73. The van der Waals surface area contributed by atoms with Crippen LogP contribution >= 0.6 is 0 Å². The van der Waals surface area contributed by atoms with Crippen molar-refractivity contribution in [3.63, 3.8) is 0 Å². The molecule has 22 nitrogen and oxygen atoms in total. The van der Waals surface area contributed by atoms with Gasteiger partial charge >= 0.3 is 18.2 Å². The van der Waals surface area contributed by atoms with Crippen LogP contribution in [-0.4, -0.2) is 174 Å². The predicted octanol–water partition coefficient (Wildman–Crippen LogP) is 2.23. The monoisotopic (exact) mass is 951 g/mol. The van der Waals surface area contributed by atoms with Gasteiger partial charge in [-0.15, -0.1) is 0 Å². The van der Waals surface area contributed by atoms with Gasteiger partial charge in [0.2, 0.25) is 29.5 Å². The molecule has 0 aromatic heterocycles. The standard InChI is InChI=1S/C45H74N8O14/c1-30(2)35-28-38(55)53(42(35)58)19-21-63-23-25-65-27-26-64-24-22-62-20-15-37(54)50-39(31(3)4)41(57)49-36(10-9-16-47-43(46)59)40(56)48-34-13-11-33(12-14-34)29-66-44(60)51(7)17-18-52(8)45(61)67-32(5)6/h11-14,30-32,35-36,39H,9-10,15-29H2,1-8H3,(H,48,56)(H,49,57)(H,50,54)(H3,46,47,59)/t35?,36-,39+/m0/s1. The zero-order valence-corrected chi connectivity index (χ0v) is 40.4. The molecule has 22 heteroatoms. The Bertz CT molecular complexity index is 1730. The van der Waals surface area contributed by atoms with E-state index in [0.29, 0.717) is 44.1 Å². The highest BCUT2D eigenvalue weighted by atomic mass is 16.6. The maximum atomic E-state index is 13.5. The Morgan fingerprint density at radius 2 is 1.33 bits per heavy atom. The van der Waals surface area contributed by atoms with Crippen LogP contribution in [-0.2, 0) is 59.0 Å². The lowest BCUT2D eigenvalue weighted by Crippen LogP contribution is -2.54. The van der Waals surface area contributed by atoms with Gasteiger partial charge in [0.25, 0.3) is 0 Å². The molecule has 1 aromatic rings. The minimum absolute atomic E-state index is 0.0270. The fourth-order valence-electron chi connectivity index (χ4n) is 6.32. The van der Waals surface area contributed by atoms with Crippen molar-refractivity contribution in [3.8, 4) is 0 Å². The average molecular weight is 951 g/mol. The summed E-state index contributed by atoms with van der Waals surface area (Å²) in [6, 6.07) is 3.81. The zero-order chi connectivity index (χ0) is 49.9. The normalized spacial score (nSPS) is 14.5. The van der Waals surface area contributed by atoms with Crippen molar-refractivity contribution in [2.45, 2.75) is 92.0 Å². The van der Waals surface area contributed by atoms with Crippen LogP contribution in [0.15, 0.2) is 24.3 Å². The molecule has 1 aliphatic rings. The lowest BCUT2D eigenvalue weighted by atomic mass is 9.94. The summed E-state index contributed by atoms with van der Waals surface area (Å²) >= 11 is 0. The number of hydrogen-bond donors (Lipinski definition) is 5. The molecule has 0 saturated carbocycles. The van der Waals surface area contributed by atoms with E-state index in [1.807, 2.05) is 13.8 Å². The Morgan fingerprint density at radius 1 is 0.761 bits per heavy atom. The first-order valence-corrected chi connectivity index (χ1v) is 22.8. The number of nitrogens with one attached hydrogen (secondary N) is 4. The lowest BCUT2D eigenvalue weighted by molar-refractivity contribution is -0.140. The Kier molecular flexibility index (Phi) is 27.0. The van der Waals surface area contributed by atoms with Gasteiger partial charge in [-0.3, -0.25) is 28.9 Å². The molecule has 1 aromatic carbocycles. The van der Waals surface area contributed by atoms with Gasteiger partial charge in [0, 0.05) is 58.2 Å². The molecular weight excluding hydrogens is 877 g/mol. The summed E-state index contributed by atoms with van der Waals surface area (Å²) in [6.07, 6.45) is -0.695. The van der Waals surface area contributed by atoms with Crippen LogP contribution in [0.2, 0.25) is 0 Å². The number of amides is 9. The third-order valence-electron chi connectivity index (χ3n) is 10.3. The number of hydrogen-bond acceptors (Lipinski definition) is 14. The molecule has 1 aliphatic heterocycles. The van der Waals surface area contributed by atoms with E-state index < -0.39 is 48.0 Å². The maximum Gasteiger partial charge on any atom is 0.409 e. The van der Waals surface area contributed by atoms with Crippen LogP contribution in [0.4, 0.5) is 20.1 Å². The first-order valence-electron chi connectivity index (χ1n) is 22.8. The number of benzene rings is 1. The average Bonchev–Trinajstić information content (AvgIpc) is 3.56. The summed E-state index contributed by atoms with van der Waals surface area (Å²) in [7, 11) is 3.12. The highest BCUT2D eigenvalue weighted by molar-refractivity contribution is 6.03. The van der Waals surface area contributed by atoms with Crippen molar-refractivity contribution in [1.29, 1.82) is 0 Å². The third kappa shape index (κ3) is 23.1. The van der Waals surface area contributed by atoms with Crippen molar-refractivity contribution in [2.75, 3.05) is 98.4 Å². The minimum atomic E-state index is -1.05. The van der Waals surface area contributed by atoms with E-state index in [-0.39, 0.29) is 114 Å². The van der Waals surface area contributed by atoms with Gasteiger partial charge < -0.3 is 65.2 Å². The first-order chi connectivity index (χ1) is 31.8. The maximum absolute atomic E-state index is 13.5. The molecule has 3 atom stereocenters. The smallest absolute Gasteiger partial charge is 0.409 e. The number of likely N-dealkylation sites (N-methyl/N-ethyl adjacent to an activating group) is 2. The fraction of sp³-hybridized carbons (Fsp3) is 0.689. The predicted molar refractivity (Wildman–Crippen MR) is 245 cm³/mol. The second kappa shape index (κ2) is 31.4. The van der Waals surface area contributed by atoms with Gasteiger partial charge in [-0.1, -0.05) is 39.8 Å². The van der Waals surface area contributed by atoms with Crippen LogP contribution in [0.3, 0.4) is 0 Å². The van der Waals surface area contributed by atoms with Gasteiger partial charge in [0.1, 0.15) is 18.7 Å². The van der Waals surface area contributed by atoms with Crippen molar-refractivity contribution in [1.82, 2.24) is 30.7 Å². The molecule has 1 fully saturated rings. The lowest BCUT2D eigenvalue weighted by Gasteiger charge is -2.25. The highest BCUT2D eigenvalue weighted by Gasteiger charge is 2.39. The van der Waals surface area contributed by atoms with Crippen LogP contribution < -0.4 is 27.0 Å². The van der Waals surface area contributed by atoms with Gasteiger partial charge in [-0.25, -0.2) is 14.4 Å². The van der Waals surface area contributed by atoms with E-state index in [1.165, 1.54) is 14.7 Å². The molecule has 0 spiro atoms. The molecule has 0 bridgehead atoms. The SMILES string of the molecule is CC(C)OC(=O)N(C)CCN(C)C(=O)OCc1ccc(NC(=O)[C@H](CCCNC(N)=O)NC(=O)[C@H](NC(=O)CCOCCOCCOCCOCCN2C(=O)CC(C(C)C)C2=O)C(C)C)cc1. The number of rotatable bonds is 32. The second-order valence-electron chi connectivity index (χ2n) is 16.9. The van der Waals surface area contributed by atoms with Crippen molar-refractivity contribution >= 4 is 53.4 Å². The van der Waals surface area contributed by atoms with E-state index in [4.69, 9.17) is 34.2 Å². The quantitative estimate of drug-likeness (QED) is 0.0512. The number of ether oxygens (including phenoxy) is 6. The first kappa shape index (κ1) is 57.5. The van der Waals surface area contributed by atoms with Crippen LogP contribution in [0.5, 0.6) is 0 Å². The molecule has 1 heterocycles. The molecule has 9 amide bonds. The summed E-state index contributed by atoms with van der Waals surface area (Å²) in [5.41, 5.74) is 6.23. The van der Waals surface area contributed by atoms with E-state index in [2.05, 4.69) is 21.3 Å². The number of urea groups is 1. The molecule has 6 N–H and O–H groups in total. The van der Waals surface area contributed by atoms with Crippen molar-refractivity contribution < 1.29 is 66.8 Å². The second-order valence-corrected chi connectivity index (χ2v) is 16.9. The minimum Gasteiger partial charge on any atom is -0.447 e. The molecule has 67 heavy (non-hydrogen) atoms. The van der Waals surface area contributed by atoms with Gasteiger partial charge in [0.15, 0.2) is 0 Å². The molecule has 1 saturated heterocycles. The summed E-state index contributed by atoms with van der Waals surface area (Å²) in [6.45, 7) is 13.7. The number of imide groups is 1. The van der Waals surface area contributed by atoms with E-state index in [9.17, 15) is 38.4 Å². The third-order valence-corrected chi connectivity index (χ3v) is 10.3. The van der Waals surface area contributed by atoms with Gasteiger partial charge in [-0.05, 0) is 56.2 Å². The Labute approximate surface area is 393 Å². The highest BCUT2D eigenvalue weighted by Crippen LogP contribution is 2.26. The zero-order valence-electron chi connectivity index (χ0n) is 40.4. The number of likely N-dealkylation sites (tertiary alicyclic amines) is 1. The summed E-state index contributed by atoms with van der Waals surface area (Å²) in [5.74, 6) is -2.32. The number of anilines is 1. The number of nitrogens with zero attached hydrogens (tertiary/aromatic N) is 3. The molecule has 2 rings (SSSR count). The van der Waals surface area contributed by atoms with Crippen LogP contribution in [0, 0.1) is 17.8 Å². The Hall–Kier alpha value is -5.58. The van der Waals surface area contributed by atoms with E-state index >= 15 is 0 Å². The number of nitrogens with two attached hydrogens (primary N) is 1. The van der Waals surface area contributed by atoms with E-state index in [0.717, 1.165) is 0 Å². The molecule has 378 valence electrons. The molecular formula is C45H74N8O14. The summed E-state index contributed by atoms with van der Waals surface area (Å²) < 4.78 is 32.5. The molecule has 1 unspecified atom stereocenters. The van der Waals surface area contributed by atoms with E-state index in [1.54, 1.807) is 66.1 Å². The summed E-state index contributed by atoms with van der Waals surface area (Å²) in [4.78, 5) is 104. The van der Waals surface area contributed by atoms with Gasteiger partial charge in [0.05, 0.1) is 65.5 Å². The number of carbonyl (C=O) groups is 8. The summed E-state index contributed by atoms with van der Waals surface area (Å²) in [5, 5.41) is 10.7. The number of carbonyl (C=O) groups excluding carboxylic acids is 8. The largest absolute Gasteiger partial charge is 0.447 e.